The second kappa shape index (κ2) is 6.67. The number of aromatic amines is 1. The smallest absolute Gasteiger partial charge is 0.310 e. The zero-order valence-electron chi connectivity index (χ0n) is 13.0. The van der Waals surface area contributed by atoms with E-state index in [1.807, 2.05) is 18.0 Å². The molecule has 1 fully saturated rings. The predicted octanol–water partition coefficient (Wildman–Crippen LogP) is 2.04. The number of H-pyrrole nitrogens is 1. The average Bonchev–Trinajstić information content (AvgIpc) is 3.05. The summed E-state index contributed by atoms with van der Waals surface area (Å²) in [6.07, 6.45) is 5.08. The molecule has 0 saturated carbocycles. The van der Waals surface area contributed by atoms with E-state index in [2.05, 4.69) is 21.5 Å². The van der Waals surface area contributed by atoms with E-state index in [9.17, 15) is 10.1 Å². The van der Waals surface area contributed by atoms with Gasteiger partial charge in [0, 0.05) is 30.9 Å². The Labute approximate surface area is 134 Å². The van der Waals surface area contributed by atoms with E-state index in [0.717, 1.165) is 36.1 Å². The van der Waals surface area contributed by atoms with Gasteiger partial charge in [0.15, 0.2) is 0 Å². The lowest BCUT2D eigenvalue weighted by molar-refractivity contribution is -0.149. The second-order valence-electron chi connectivity index (χ2n) is 5.55. The molecule has 3 rings (SSSR count). The van der Waals surface area contributed by atoms with E-state index < -0.39 is 0 Å². The molecular formula is C16H19N5O2. The van der Waals surface area contributed by atoms with Crippen molar-refractivity contribution in [2.24, 2.45) is 5.92 Å². The highest BCUT2D eigenvalue weighted by atomic mass is 16.5. The van der Waals surface area contributed by atoms with Crippen LogP contribution in [0.3, 0.4) is 0 Å². The van der Waals surface area contributed by atoms with Crippen LogP contribution in [0.5, 0.6) is 0 Å². The van der Waals surface area contributed by atoms with Gasteiger partial charge in [-0.1, -0.05) is 0 Å². The molecule has 7 heteroatoms. The first-order valence-electron chi connectivity index (χ1n) is 7.77. The summed E-state index contributed by atoms with van der Waals surface area (Å²) in [5.74, 6) is -0.286. The highest BCUT2D eigenvalue weighted by molar-refractivity contribution is 5.92. The summed E-state index contributed by atoms with van der Waals surface area (Å²) in [4.78, 5) is 19.2. The van der Waals surface area contributed by atoms with Gasteiger partial charge < -0.3 is 15.1 Å². The molecule has 0 bridgehead atoms. The zero-order valence-corrected chi connectivity index (χ0v) is 13.0. The number of pyridine rings is 1. The summed E-state index contributed by atoms with van der Waals surface area (Å²) in [6.45, 7) is 3.60. The number of hydrazine groups is 1. The van der Waals surface area contributed by atoms with E-state index >= 15 is 0 Å². The van der Waals surface area contributed by atoms with Gasteiger partial charge in [-0.2, -0.15) is 5.26 Å². The van der Waals surface area contributed by atoms with E-state index in [1.54, 1.807) is 12.4 Å². The highest BCUT2D eigenvalue weighted by Crippen LogP contribution is 2.27. The Balaban J connectivity index is 1.80. The maximum absolute atomic E-state index is 11.9. The first-order chi connectivity index (χ1) is 11.2. The monoisotopic (exact) mass is 313 g/mol. The van der Waals surface area contributed by atoms with Gasteiger partial charge in [-0.25, -0.2) is 9.99 Å². The number of piperidine rings is 1. The Morgan fingerprint density at radius 2 is 2.52 bits per heavy atom. The van der Waals surface area contributed by atoms with E-state index in [0.29, 0.717) is 18.7 Å². The molecule has 0 radical (unpaired) electrons. The summed E-state index contributed by atoms with van der Waals surface area (Å²) >= 11 is 0. The standard InChI is InChI=1S/C16H19N5O2/c1-2-23-16(22)11-4-3-7-21(10-11)20-14-12(8-17)9-19-15-13(14)5-6-18-15/h5-6,9,11H,2-4,7,10H2,1H3,(H2,18,19,20). The maximum Gasteiger partial charge on any atom is 0.310 e. The van der Waals surface area contributed by atoms with Gasteiger partial charge in [0.05, 0.1) is 23.8 Å². The van der Waals surface area contributed by atoms with Crippen LogP contribution < -0.4 is 5.43 Å². The van der Waals surface area contributed by atoms with Gasteiger partial charge in [-0.05, 0) is 25.8 Å². The third-order valence-electron chi connectivity index (χ3n) is 4.02. The van der Waals surface area contributed by atoms with Crippen LogP contribution in [-0.2, 0) is 9.53 Å². The lowest BCUT2D eigenvalue weighted by Crippen LogP contribution is -2.42. The Morgan fingerprint density at radius 1 is 1.65 bits per heavy atom. The number of rotatable bonds is 4. The number of nitrogens with one attached hydrogen (secondary N) is 2. The highest BCUT2D eigenvalue weighted by Gasteiger charge is 2.27. The maximum atomic E-state index is 11.9. The number of ether oxygens (including phenoxy) is 1. The quantitative estimate of drug-likeness (QED) is 0.839. The Kier molecular flexibility index (Phi) is 4.44. The molecule has 1 aliphatic rings. The number of hydrogen-bond donors (Lipinski definition) is 2. The van der Waals surface area contributed by atoms with Gasteiger partial charge in [0.2, 0.25) is 0 Å². The fourth-order valence-corrected chi connectivity index (χ4v) is 2.90. The minimum atomic E-state index is -0.152. The first-order valence-corrected chi connectivity index (χ1v) is 7.77. The number of anilines is 1. The molecule has 1 unspecified atom stereocenters. The molecule has 0 aromatic carbocycles. The minimum absolute atomic E-state index is 0.134. The average molecular weight is 313 g/mol. The number of carbonyl (C=O) groups excluding carboxylic acids is 1. The molecule has 2 aromatic rings. The van der Waals surface area contributed by atoms with Crippen LogP contribution in [0.25, 0.3) is 11.0 Å². The van der Waals surface area contributed by atoms with Gasteiger partial charge in [0.25, 0.3) is 0 Å². The molecule has 0 aliphatic carbocycles. The van der Waals surface area contributed by atoms with E-state index in [-0.39, 0.29) is 11.9 Å². The zero-order chi connectivity index (χ0) is 16.2. The molecule has 120 valence electrons. The third kappa shape index (κ3) is 3.12. The molecule has 1 aliphatic heterocycles. The van der Waals surface area contributed by atoms with Crippen molar-refractivity contribution in [3.8, 4) is 6.07 Å². The number of nitrogens with zero attached hydrogens (tertiary/aromatic N) is 3. The molecule has 23 heavy (non-hydrogen) atoms. The van der Waals surface area contributed by atoms with Gasteiger partial charge >= 0.3 is 5.97 Å². The summed E-state index contributed by atoms with van der Waals surface area (Å²) < 4.78 is 5.12. The fraction of sp³-hybridized carbons (Fsp3) is 0.438. The van der Waals surface area contributed by atoms with Gasteiger partial charge in [-0.3, -0.25) is 4.79 Å². The predicted molar refractivity (Wildman–Crippen MR) is 85.4 cm³/mol. The van der Waals surface area contributed by atoms with Crippen LogP contribution in [-0.4, -0.2) is 40.6 Å². The number of carbonyl (C=O) groups is 1. The topological polar surface area (TPSA) is 94.0 Å². The first kappa shape index (κ1) is 15.3. The second-order valence-corrected chi connectivity index (χ2v) is 5.55. The molecule has 1 atom stereocenters. The summed E-state index contributed by atoms with van der Waals surface area (Å²) in [5.41, 5.74) is 5.23. The van der Waals surface area contributed by atoms with E-state index in [1.165, 1.54) is 0 Å². The molecule has 3 heterocycles. The molecular weight excluding hydrogens is 294 g/mol. The molecule has 2 N–H and O–H groups in total. The van der Waals surface area contributed by atoms with Gasteiger partial charge in [-0.15, -0.1) is 0 Å². The Bertz CT molecular complexity index is 748. The number of nitriles is 1. The van der Waals surface area contributed by atoms with Crippen LogP contribution in [0.4, 0.5) is 5.69 Å². The van der Waals surface area contributed by atoms with Crippen LogP contribution in [0.2, 0.25) is 0 Å². The molecule has 1 saturated heterocycles. The van der Waals surface area contributed by atoms with E-state index in [4.69, 9.17) is 4.74 Å². The lowest BCUT2D eigenvalue weighted by Gasteiger charge is -2.32. The normalized spacial score (nSPS) is 18.5. The van der Waals surface area contributed by atoms with Crippen molar-refractivity contribution in [3.63, 3.8) is 0 Å². The Morgan fingerprint density at radius 3 is 3.30 bits per heavy atom. The largest absolute Gasteiger partial charge is 0.466 e. The summed E-state index contributed by atoms with van der Waals surface area (Å²) in [7, 11) is 0. The van der Waals surface area contributed by atoms with Crippen LogP contribution in [0.15, 0.2) is 18.5 Å². The summed E-state index contributed by atoms with van der Waals surface area (Å²) in [6, 6.07) is 4.05. The Hall–Kier alpha value is -2.59. The molecule has 0 spiro atoms. The molecule has 2 aromatic heterocycles. The fourth-order valence-electron chi connectivity index (χ4n) is 2.90. The van der Waals surface area contributed by atoms with Crippen molar-refractivity contribution >= 4 is 22.7 Å². The number of esters is 1. The van der Waals surface area contributed by atoms with Crippen LogP contribution >= 0.6 is 0 Å². The van der Waals surface area contributed by atoms with Crippen molar-refractivity contribution in [2.45, 2.75) is 19.8 Å². The van der Waals surface area contributed by atoms with Gasteiger partial charge in [0.1, 0.15) is 11.7 Å². The lowest BCUT2D eigenvalue weighted by atomic mass is 9.99. The third-order valence-corrected chi connectivity index (χ3v) is 4.02. The van der Waals surface area contributed by atoms with Crippen LogP contribution in [0.1, 0.15) is 25.3 Å². The number of aromatic nitrogens is 2. The SMILES string of the molecule is CCOC(=O)C1CCCN(Nc2c(C#N)cnc3[nH]ccc23)C1. The van der Waals surface area contributed by atoms with Crippen LogP contribution in [0, 0.1) is 17.2 Å². The van der Waals surface area contributed by atoms with Crippen molar-refractivity contribution in [2.75, 3.05) is 25.1 Å². The molecule has 0 amide bonds. The van der Waals surface area contributed by atoms with Crippen molar-refractivity contribution in [1.29, 1.82) is 5.26 Å². The summed E-state index contributed by atoms with van der Waals surface area (Å²) in [5, 5.41) is 12.2. The van der Waals surface area contributed by atoms with Crippen molar-refractivity contribution < 1.29 is 9.53 Å². The van der Waals surface area contributed by atoms with Crippen molar-refractivity contribution in [3.05, 3.63) is 24.0 Å². The minimum Gasteiger partial charge on any atom is -0.466 e. The van der Waals surface area contributed by atoms with Crippen molar-refractivity contribution in [1.82, 2.24) is 15.0 Å². The molecule has 7 nitrogen and oxygen atoms in total. The number of fused-ring (bicyclic) bond motifs is 1. The number of hydrogen-bond acceptors (Lipinski definition) is 6.